The molecule has 0 saturated heterocycles. The summed E-state index contributed by atoms with van der Waals surface area (Å²) in [6.45, 7) is 3.96. The molecule has 6 heteroatoms. The predicted octanol–water partition coefficient (Wildman–Crippen LogP) is 2.08. The van der Waals surface area contributed by atoms with E-state index in [9.17, 15) is 4.79 Å². The van der Waals surface area contributed by atoms with Crippen LogP contribution in [0.25, 0.3) is 5.69 Å². The van der Waals surface area contributed by atoms with Gasteiger partial charge in [-0.25, -0.2) is 9.48 Å². The van der Waals surface area contributed by atoms with Crippen molar-refractivity contribution in [2.24, 2.45) is 5.73 Å². The molecule has 0 unspecified atom stereocenters. The molecule has 0 aliphatic carbocycles. The van der Waals surface area contributed by atoms with Crippen LogP contribution in [0.1, 0.15) is 35.8 Å². The molecule has 112 valence electrons. The molecule has 0 spiro atoms. The number of carbonyl (C=O) groups is 1. The molecule has 1 aromatic heterocycles. The predicted molar refractivity (Wildman–Crippen MR) is 78.7 cm³/mol. The zero-order valence-electron chi connectivity index (χ0n) is 12.4. The number of aromatic nitrogens is 2. The minimum atomic E-state index is -0.394. The SMILES string of the molecule is CCOC(=O)c1cnn(-c2cccc(OC)c2[C@@H](C)N)c1. The second-order valence-corrected chi connectivity index (χ2v) is 4.58. The minimum absolute atomic E-state index is 0.230. The normalized spacial score (nSPS) is 12.0. The van der Waals surface area contributed by atoms with Crippen LogP contribution in [-0.2, 0) is 4.74 Å². The fraction of sp³-hybridized carbons (Fsp3) is 0.333. The third-order valence-corrected chi connectivity index (χ3v) is 3.06. The van der Waals surface area contributed by atoms with E-state index >= 15 is 0 Å². The van der Waals surface area contributed by atoms with Gasteiger partial charge in [0.25, 0.3) is 0 Å². The third kappa shape index (κ3) is 3.05. The van der Waals surface area contributed by atoms with Crippen LogP contribution in [0.3, 0.4) is 0 Å². The molecule has 1 atom stereocenters. The Morgan fingerprint density at radius 1 is 1.48 bits per heavy atom. The summed E-state index contributed by atoms with van der Waals surface area (Å²) >= 11 is 0. The number of ether oxygens (including phenoxy) is 2. The van der Waals surface area contributed by atoms with Crippen LogP contribution >= 0.6 is 0 Å². The van der Waals surface area contributed by atoms with Crippen LogP contribution in [0.2, 0.25) is 0 Å². The van der Waals surface area contributed by atoms with Gasteiger partial charge in [-0.05, 0) is 26.0 Å². The van der Waals surface area contributed by atoms with Crippen LogP contribution in [0.4, 0.5) is 0 Å². The molecule has 0 saturated carbocycles. The summed E-state index contributed by atoms with van der Waals surface area (Å²) in [6.07, 6.45) is 3.10. The number of hydrogen-bond acceptors (Lipinski definition) is 5. The lowest BCUT2D eigenvalue weighted by Gasteiger charge is -2.16. The summed E-state index contributed by atoms with van der Waals surface area (Å²) in [5, 5.41) is 4.21. The monoisotopic (exact) mass is 289 g/mol. The van der Waals surface area contributed by atoms with Gasteiger partial charge in [-0.1, -0.05) is 6.07 Å². The standard InChI is InChI=1S/C15H19N3O3/c1-4-21-15(19)11-8-17-18(9-11)12-6-5-7-13(20-3)14(12)10(2)16/h5-10H,4,16H2,1-3H3/t10-/m1/s1. The van der Waals surface area contributed by atoms with E-state index in [4.69, 9.17) is 15.2 Å². The highest BCUT2D eigenvalue weighted by atomic mass is 16.5. The van der Waals surface area contributed by atoms with E-state index < -0.39 is 5.97 Å². The molecule has 0 amide bonds. The molecule has 1 aromatic carbocycles. The molecule has 0 fully saturated rings. The van der Waals surface area contributed by atoms with Gasteiger partial charge in [0.05, 0.1) is 31.2 Å². The lowest BCUT2D eigenvalue weighted by atomic mass is 10.1. The smallest absolute Gasteiger partial charge is 0.341 e. The minimum Gasteiger partial charge on any atom is -0.496 e. The van der Waals surface area contributed by atoms with E-state index in [0.29, 0.717) is 17.9 Å². The van der Waals surface area contributed by atoms with Gasteiger partial charge in [-0.2, -0.15) is 5.10 Å². The van der Waals surface area contributed by atoms with Gasteiger partial charge in [0, 0.05) is 17.8 Å². The molecule has 6 nitrogen and oxygen atoms in total. The van der Waals surface area contributed by atoms with E-state index in [0.717, 1.165) is 11.3 Å². The van der Waals surface area contributed by atoms with Gasteiger partial charge < -0.3 is 15.2 Å². The van der Waals surface area contributed by atoms with Gasteiger partial charge in [0.2, 0.25) is 0 Å². The van der Waals surface area contributed by atoms with Crippen molar-refractivity contribution in [3.63, 3.8) is 0 Å². The summed E-state index contributed by atoms with van der Waals surface area (Å²) in [7, 11) is 1.60. The first kappa shape index (κ1) is 15.1. The topological polar surface area (TPSA) is 79.4 Å². The van der Waals surface area contributed by atoms with Crippen molar-refractivity contribution in [3.8, 4) is 11.4 Å². The summed E-state index contributed by atoms with van der Waals surface area (Å²) in [5.41, 5.74) is 8.04. The fourth-order valence-electron chi connectivity index (χ4n) is 2.14. The molecule has 2 rings (SSSR count). The van der Waals surface area contributed by atoms with Crippen LogP contribution in [0.5, 0.6) is 5.75 Å². The zero-order chi connectivity index (χ0) is 15.4. The van der Waals surface area contributed by atoms with E-state index in [1.54, 1.807) is 24.9 Å². The lowest BCUT2D eigenvalue weighted by molar-refractivity contribution is 0.0526. The number of nitrogens with zero attached hydrogens (tertiary/aromatic N) is 2. The molecule has 0 bridgehead atoms. The number of methoxy groups -OCH3 is 1. The van der Waals surface area contributed by atoms with E-state index in [1.807, 2.05) is 25.1 Å². The lowest BCUT2D eigenvalue weighted by Crippen LogP contribution is -2.12. The molecule has 0 aliphatic rings. The number of rotatable bonds is 5. The number of nitrogens with two attached hydrogens (primary N) is 1. The third-order valence-electron chi connectivity index (χ3n) is 3.06. The van der Waals surface area contributed by atoms with Crippen molar-refractivity contribution in [2.45, 2.75) is 19.9 Å². The number of benzene rings is 1. The van der Waals surface area contributed by atoms with Crippen LogP contribution in [0, 0.1) is 0 Å². The Labute approximate surface area is 123 Å². The van der Waals surface area contributed by atoms with Crippen LogP contribution in [0.15, 0.2) is 30.6 Å². The highest BCUT2D eigenvalue weighted by Gasteiger charge is 2.17. The Bertz CT molecular complexity index is 635. The van der Waals surface area contributed by atoms with Gasteiger partial charge in [0.1, 0.15) is 5.75 Å². The number of esters is 1. The van der Waals surface area contributed by atoms with E-state index in [2.05, 4.69) is 5.10 Å². The zero-order valence-corrected chi connectivity index (χ0v) is 12.4. The van der Waals surface area contributed by atoms with Crippen molar-refractivity contribution < 1.29 is 14.3 Å². The summed E-state index contributed by atoms with van der Waals surface area (Å²) in [6, 6.07) is 5.35. The van der Waals surface area contributed by atoms with Crippen molar-refractivity contribution in [3.05, 3.63) is 41.7 Å². The van der Waals surface area contributed by atoms with E-state index in [-0.39, 0.29) is 6.04 Å². The summed E-state index contributed by atoms with van der Waals surface area (Å²) in [5.74, 6) is 0.296. The average Bonchev–Trinajstić information content (AvgIpc) is 2.96. The summed E-state index contributed by atoms with van der Waals surface area (Å²) < 4.78 is 11.9. The Morgan fingerprint density at radius 3 is 2.86 bits per heavy atom. The molecule has 0 radical (unpaired) electrons. The maximum absolute atomic E-state index is 11.7. The number of hydrogen-bond donors (Lipinski definition) is 1. The molecule has 2 N–H and O–H groups in total. The van der Waals surface area contributed by atoms with Gasteiger partial charge >= 0.3 is 5.97 Å². The van der Waals surface area contributed by atoms with E-state index in [1.165, 1.54) is 6.20 Å². The van der Waals surface area contributed by atoms with Gasteiger partial charge in [-0.15, -0.1) is 0 Å². The second-order valence-electron chi connectivity index (χ2n) is 4.58. The largest absolute Gasteiger partial charge is 0.496 e. The molecule has 2 aromatic rings. The Hall–Kier alpha value is -2.34. The van der Waals surface area contributed by atoms with Crippen LogP contribution in [-0.4, -0.2) is 29.5 Å². The van der Waals surface area contributed by atoms with Gasteiger partial charge in [0.15, 0.2) is 0 Å². The molecule has 0 aliphatic heterocycles. The quantitative estimate of drug-likeness (QED) is 0.852. The first-order chi connectivity index (χ1) is 10.1. The maximum atomic E-state index is 11.7. The second kappa shape index (κ2) is 6.41. The Morgan fingerprint density at radius 2 is 2.24 bits per heavy atom. The molecular formula is C15H19N3O3. The highest BCUT2D eigenvalue weighted by Crippen LogP contribution is 2.29. The Kier molecular flexibility index (Phi) is 4.59. The van der Waals surface area contributed by atoms with Gasteiger partial charge in [-0.3, -0.25) is 0 Å². The maximum Gasteiger partial charge on any atom is 0.341 e. The summed E-state index contributed by atoms with van der Waals surface area (Å²) in [4.78, 5) is 11.7. The first-order valence-corrected chi connectivity index (χ1v) is 6.73. The first-order valence-electron chi connectivity index (χ1n) is 6.73. The van der Waals surface area contributed by atoms with Crippen molar-refractivity contribution >= 4 is 5.97 Å². The van der Waals surface area contributed by atoms with Crippen molar-refractivity contribution in [1.29, 1.82) is 0 Å². The Balaban J connectivity index is 2.45. The fourth-order valence-corrected chi connectivity index (χ4v) is 2.14. The van der Waals surface area contributed by atoms with Crippen molar-refractivity contribution in [1.82, 2.24) is 9.78 Å². The average molecular weight is 289 g/mol. The van der Waals surface area contributed by atoms with Crippen LogP contribution < -0.4 is 10.5 Å². The van der Waals surface area contributed by atoms with Crippen molar-refractivity contribution in [2.75, 3.05) is 13.7 Å². The molecular weight excluding hydrogens is 270 g/mol. The molecule has 1 heterocycles. The highest BCUT2D eigenvalue weighted by molar-refractivity contribution is 5.88. The number of carbonyl (C=O) groups excluding carboxylic acids is 1. The molecule has 21 heavy (non-hydrogen) atoms.